The van der Waals surface area contributed by atoms with Gasteiger partial charge in [0.25, 0.3) is 0 Å². The lowest BCUT2D eigenvalue weighted by molar-refractivity contribution is 0.123. The van der Waals surface area contributed by atoms with E-state index in [1.807, 2.05) is 0 Å². The fourth-order valence-electron chi connectivity index (χ4n) is 3.35. The standard InChI is InChI=1S/C22H38O/c1-8-10-18(9-2)19-11-13-20(14-12-19)23-21(15-17(3)4)16-22(5,6)7/h11-14,17-18,21H,8-10,15-16H2,1-7H3. The molecule has 0 aromatic heterocycles. The van der Waals surface area contributed by atoms with Crippen LogP contribution in [-0.2, 0) is 0 Å². The van der Waals surface area contributed by atoms with Gasteiger partial charge in [-0.1, -0.05) is 67.0 Å². The highest BCUT2D eigenvalue weighted by molar-refractivity contribution is 5.29. The summed E-state index contributed by atoms with van der Waals surface area (Å²) in [5.41, 5.74) is 1.76. The molecule has 0 amide bonds. The van der Waals surface area contributed by atoms with E-state index in [1.54, 1.807) is 0 Å². The highest BCUT2D eigenvalue weighted by atomic mass is 16.5. The predicted octanol–water partition coefficient (Wildman–Crippen LogP) is 7.21. The van der Waals surface area contributed by atoms with Crippen molar-refractivity contribution in [2.45, 2.75) is 92.6 Å². The molecule has 2 atom stereocenters. The minimum Gasteiger partial charge on any atom is -0.490 e. The van der Waals surface area contributed by atoms with E-state index in [9.17, 15) is 0 Å². The first-order valence-corrected chi connectivity index (χ1v) is 9.51. The van der Waals surface area contributed by atoms with Crippen molar-refractivity contribution in [3.63, 3.8) is 0 Å². The van der Waals surface area contributed by atoms with Crippen molar-refractivity contribution in [2.24, 2.45) is 11.3 Å². The molecular formula is C22H38O. The van der Waals surface area contributed by atoms with Gasteiger partial charge in [-0.15, -0.1) is 0 Å². The maximum absolute atomic E-state index is 6.33. The molecule has 1 rings (SSSR count). The third kappa shape index (κ3) is 7.90. The van der Waals surface area contributed by atoms with E-state index in [0.29, 0.717) is 23.4 Å². The van der Waals surface area contributed by atoms with Crippen LogP contribution in [0.25, 0.3) is 0 Å². The summed E-state index contributed by atoms with van der Waals surface area (Å²) in [5.74, 6) is 2.38. The summed E-state index contributed by atoms with van der Waals surface area (Å²) in [4.78, 5) is 0. The van der Waals surface area contributed by atoms with Gasteiger partial charge in [-0.3, -0.25) is 0 Å². The van der Waals surface area contributed by atoms with Crippen molar-refractivity contribution < 1.29 is 4.74 Å². The first-order valence-electron chi connectivity index (χ1n) is 9.51. The molecule has 23 heavy (non-hydrogen) atoms. The summed E-state index contributed by atoms with van der Waals surface area (Å²) >= 11 is 0. The molecule has 0 saturated carbocycles. The van der Waals surface area contributed by atoms with E-state index in [1.165, 1.54) is 24.8 Å². The third-order valence-corrected chi connectivity index (χ3v) is 4.36. The lowest BCUT2D eigenvalue weighted by atomic mass is 9.86. The van der Waals surface area contributed by atoms with Crippen LogP contribution in [0.5, 0.6) is 5.75 Å². The van der Waals surface area contributed by atoms with Crippen molar-refractivity contribution >= 4 is 0 Å². The second kappa shape index (κ2) is 9.35. The lowest BCUT2D eigenvalue weighted by Crippen LogP contribution is -2.25. The smallest absolute Gasteiger partial charge is 0.119 e. The van der Waals surface area contributed by atoms with E-state index in [4.69, 9.17) is 4.74 Å². The Bertz CT molecular complexity index is 424. The van der Waals surface area contributed by atoms with E-state index >= 15 is 0 Å². The molecule has 0 bridgehead atoms. The lowest BCUT2D eigenvalue weighted by Gasteiger charge is -2.28. The van der Waals surface area contributed by atoms with Gasteiger partial charge in [0.1, 0.15) is 5.75 Å². The van der Waals surface area contributed by atoms with Crippen LogP contribution in [0.15, 0.2) is 24.3 Å². The van der Waals surface area contributed by atoms with Gasteiger partial charge in [-0.2, -0.15) is 0 Å². The zero-order valence-electron chi connectivity index (χ0n) is 16.5. The van der Waals surface area contributed by atoms with Crippen LogP contribution in [0.1, 0.15) is 92.1 Å². The molecule has 1 aromatic carbocycles. The first kappa shape index (κ1) is 20.1. The molecule has 1 nitrogen and oxygen atoms in total. The summed E-state index contributed by atoms with van der Waals surface area (Å²) in [6.45, 7) is 16.0. The maximum Gasteiger partial charge on any atom is 0.119 e. The number of hydrogen-bond donors (Lipinski definition) is 0. The molecular weight excluding hydrogens is 280 g/mol. The van der Waals surface area contributed by atoms with Gasteiger partial charge in [-0.05, 0) is 60.6 Å². The molecule has 0 heterocycles. The molecule has 0 fully saturated rings. The molecule has 0 spiro atoms. The highest BCUT2D eigenvalue weighted by Gasteiger charge is 2.21. The van der Waals surface area contributed by atoms with E-state index < -0.39 is 0 Å². The van der Waals surface area contributed by atoms with Crippen LogP contribution < -0.4 is 4.74 Å². The van der Waals surface area contributed by atoms with Gasteiger partial charge in [0.15, 0.2) is 0 Å². The highest BCUT2D eigenvalue weighted by Crippen LogP contribution is 2.30. The normalized spacial score (nSPS) is 14.8. The molecule has 0 saturated heterocycles. The average molecular weight is 319 g/mol. The molecule has 1 heteroatoms. The van der Waals surface area contributed by atoms with Crippen LogP contribution in [0.4, 0.5) is 0 Å². The molecule has 0 radical (unpaired) electrons. The van der Waals surface area contributed by atoms with Crippen molar-refractivity contribution in [3.05, 3.63) is 29.8 Å². The van der Waals surface area contributed by atoms with E-state index in [-0.39, 0.29) is 0 Å². The monoisotopic (exact) mass is 318 g/mol. The molecule has 0 aliphatic carbocycles. The van der Waals surface area contributed by atoms with Gasteiger partial charge in [-0.25, -0.2) is 0 Å². The Morgan fingerprint density at radius 3 is 2.04 bits per heavy atom. The Hall–Kier alpha value is -0.980. The first-order chi connectivity index (χ1) is 10.7. The van der Waals surface area contributed by atoms with Crippen LogP contribution >= 0.6 is 0 Å². The predicted molar refractivity (Wildman–Crippen MR) is 102 cm³/mol. The summed E-state index contributed by atoms with van der Waals surface area (Å²) in [6, 6.07) is 8.87. The van der Waals surface area contributed by atoms with Gasteiger partial charge in [0.05, 0.1) is 6.10 Å². The van der Waals surface area contributed by atoms with Crippen LogP contribution in [-0.4, -0.2) is 6.10 Å². The van der Waals surface area contributed by atoms with E-state index in [0.717, 1.165) is 18.6 Å². The van der Waals surface area contributed by atoms with Crippen LogP contribution in [0, 0.1) is 11.3 Å². The topological polar surface area (TPSA) is 9.23 Å². The van der Waals surface area contributed by atoms with Crippen molar-refractivity contribution in [1.82, 2.24) is 0 Å². The van der Waals surface area contributed by atoms with Gasteiger partial charge in [0, 0.05) is 0 Å². The molecule has 1 aromatic rings. The molecule has 2 unspecified atom stereocenters. The SMILES string of the molecule is CCCC(CC)c1ccc(OC(CC(C)C)CC(C)(C)C)cc1. The molecule has 0 aliphatic rings. The largest absolute Gasteiger partial charge is 0.490 e. The van der Waals surface area contributed by atoms with Gasteiger partial charge in [0.2, 0.25) is 0 Å². The zero-order valence-corrected chi connectivity index (χ0v) is 16.5. The Morgan fingerprint density at radius 2 is 1.61 bits per heavy atom. The second-order valence-electron chi connectivity index (χ2n) is 8.60. The quantitative estimate of drug-likeness (QED) is 0.467. The van der Waals surface area contributed by atoms with Gasteiger partial charge < -0.3 is 4.74 Å². The average Bonchev–Trinajstić information content (AvgIpc) is 2.43. The maximum atomic E-state index is 6.33. The molecule has 0 aliphatic heterocycles. The molecule has 132 valence electrons. The van der Waals surface area contributed by atoms with Crippen LogP contribution in [0.3, 0.4) is 0 Å². The fraction of sp³-hybridized carbons (Fsp3) is 0.727. The summed E-state index contributed by atoms with van der Waals surface area (Å²) in [6.07, 6.45) is 6.26. The zero-order chi connectivity index (χ0) is 17.5. The minimum atomic E-state index is 0.300. The summed E-state index contributed by atoms with van der Waals surface area (Å²) < 4.78 is 6.33. The van der Waals surface area contributed by atoms with Crippen molar-refractivity contribution in [1.29, 1.82) is 0 Å². The number of rotatable bonds is 9. The van der Waals surface area contributed by atoms with Crippen molar-refractivity contribution in [2.75, 3.05) is 0 Å². The summed E-state index contributed by atoms with van der Waals surface area (Å²) in [7, 11) is 0. The Kier molecular flexibility index (Phi) is 8.16. The third-order valence-electron chi connectivity index (χ3n) is 4.36. The summed E-state index contributed by atoms with van der Waals surface area (Å²) in [5, 5.41) is 0. The Balaban J connectivity index is 2.76. The van der Waals surface area contributed by atoms with Crippen molar-refractivity contribution in [3.8, 4) is 5.75 Å². The second-order valence-corrected chi connectivity index (χ2v) is 8.60. The fourth-order valence-corrected chi connectivity index (χ4v) is 3.35. The number of ether oxygens (including phenoxy) is 1. The number of benzene rings is 1. The Labute approximate surface area is 144 Å². The molecule has 0 N–H and O–H groups in total. The minimum absolute atomic E-state index is 0.300. The van der Waals surface area contributed by atoms with E-state index in [2.05, 4.69) is 72.7 Å². The Morgan fingerprint density at radius 1 is 1.00 bits per heavy atom. The van der Waals surface area contributed by atoms with Crippen LogP contribution in [0.2, 0.25) is 0 Å². The number of hydrogen-bond acceptors (Lipinski definition) is 1. The van der Waals surface area contributed by atoms with Gasteiger partial charge >= 0.3 is 0 Å².